The van der Waals surface area contributed by atoms with E-state index in [1.54, 1.807) is 0 Å². The molecule has 0 spiro atoms. The van der Waals surface area contributed by atoms with Crippen LogP contribution < -0.4 is 0 Å². The highest BCUT2D eigenvalue weighted by atomic mass is 35.5. The van der Waals surface area contributed by atoms with E-state index >= 15 is 0 Å². The molecule has 0 aromatic heterocycles. The largest absolute Gasteiger partial charge is 0.147 e. The Hall–Kier alpha value is 0.380. The summed E-state index contributed by atoms with van der Waals surface area (Å²) in [6.07, 6.45) is 0. The minimum Gasteiger partial charge on any atom is -0.147 e. The number of hydrogen-bond acceptors (Lipinski definition) is 0. The number of alkyl halides is 2. The third kappa shape index (κ3) is 4.76. The summed E-state index contributed by atoms with van der Waals surface area (Å²) in [5, 5.41) is 0. The molecule has 0 bridgehead atoms. The maximum atomic E-state index is 5.57. The third-order valence-electron chi connectivity index (χ3n) is 1.05. The fourth-order valence-corrected chi connectivity index (χ4v) is 0.889. The van der Waals surface area contributed by atoms with Crippen LogP contribution in [0.15, 0.2) is 30.3 Å². The summed E-state index contributed by atoms with van der Waals surface area (Å²) in [5.74, 6) is 0. The zero-order chi connectivity index (χ0) is 6.69. The summed E-state index contributed by atoms with van der Waals surface area (Å²) >= 11 is 11.1. The van der Waals surface area contributed by atoms with E-state index in [1.807, 2.05) is 30.3 Å². The Labute approximate surface area is 88.7 Å². The van der Waals surface area contributed by atoms with Crippen LogP contribution >= 0.6 is 48.0 Å². The first-order valence-electron chi connectivity index (χ1n) is 2.64. The van der Waals surface area contributed by atoms with Crippen molar-refractivity contribution in [1.82, 2.24) is 0 Å². The van der Waals surface area contributed by atoms with Crippen LogP contribution in [0.25, 0.3) is 0 Å². The topological polar surface area (TPSA) is 0 Å². The molecule has 0 N–H and O–H groups in total. The fourth-order valence-electron chi connectivity index (χ4n) is 0.599. The second-order valence-electron chi connectivity index (χ2n) is 1.71. The van der Waals surface area contributed by atoms with Crippen LogP contribution in [-0.2, 0) is 0 Å². The summed E-state index contributed by atoms with van der Waals surface area (Å²) in [6, 6.07) is 9.54. The predicted molar refractivity (Wildman–Crippen MR) is 55.4 cm³/mol. The fraction of sp³-hybridized carbons (Fsp3) is 0.143. The van der Waals surface area contributed by atoms with Crippen LogP contribution in [0.4, 0.5) is 0 Å². The van der Waals surface area contributed by atoms with E-state index in [2.05, 4.69) is 0 Å². The molecule has 0 aliphatic carbocycles. The summed E-state index contributed by atoms with van der Waals surface area (Å²) in [5.41, 5.74) is 0.945. The lowest BCUT2D eigenvalue weighted by Gasteiger charge is -1.97. The summed E-state index contributed by atoms with van der Waals surface area (Å²) in [6.45, 7) is 0. The molecule has 0 nitrogen and oxygen atoms in total. The SMILES string of the molecule is Cl.Cl.ClC(Cl)c1ccccc1. The molecule has 4 heteroatoms. The summed E-state index contributed by atoms with van der Waals surface area (Å²) in [7, 11) is 0. The molecular weight excluding hydrogens is 226 g/mol. The van der Waals surface area contributed by atoms with Gasteiger partial charge in [0.2, 0.25) is 0 Å². The Bertz CT molecular complexity index is 173. The molecule has 1 aromatic rings. The Morgan fingerprint density at radius 3 is 1.64 bits per heavy atom. The van der Waals surface area contributed by atoms with Crippen LogP contribution in [0, 0.1) is 0 Å². The molecule has 1 aromatic carbocycles. The molecule has 0 radical (unpaired) electrons. The minimum absolute atomic E-state index is 0. The van der Waals surface area contributed by atoms with Gasteiger partial charge in [0.1, 0.15) is 4.84 Å². The molecule has 0 heterocycles. The molecule has 64 valence electrons. The number of benzene rings is 1. The highest BCUT2D eigenvalue weighted by Crippen LogP contribution is 2.23. The van der Waals surface area contributed by atoms with E-state index in [0.29, 0.717) is 0 Å². The second kappa shape index (κ2) is 7.05. The van der Waals surface area contributed by atoms with E-state index in [9.17, 15) is 0 Å². The van der Waals surface area contributed by atoms with E-state index in [0.717, 1.165) is 5.56 Å². The lowest BCUT2D eigenvalue weighted by atomic mass is 10.2. The molecule has 0 atom stereocenters. The molecule has 1 rings (SSSR count). The van der Waals surface area contributed by atoms with Crippen LogP contribution in [0.1, 0.15) is 10.4 Å². The molecule has 0 aliphatic heterocycles. The minimum atomic E-state index is -0.397. The van der Waals surface area contributed by atoms with Crippen molar-refractivity contribution in [2.45, 2.75) is 4.84 Å². The smallest absolute Gasteiger partial charge is 0.132 e. The molecule has 0 aliphatic rings. The highest BCUT2D eigenvalue weighted by Gasteiger charge is 1.98. The van der Waals surface area contributed by atoms with Gasteiger partial charge in [-0.3, -0.25) is 0 Å². The average molecular weight is 234 g/mol. The van der Waals surface area contributed by atoms with Gasteiger partial charge in [0.25, 0.3) is 0 Å². The number of halogens is 4. The van der Waals surface area contributed by atoms with E-state index in [4.69, 9.17) is 23.2 Å². The van der Waals surface area contributed by atoms with Gasteiger partial charge in [-0.2, -0.15) is 0 Å². The number of rotatable bonds is 1. The van der Waals surface area contributed by atoms with E-state index in [-0.39, 0.29) is 24.8 Å². The van der Waals surface area contributed by atoms with Crippen molar-refractivity contribution in [3.05, 3.63) is 35.9 Å². The van der Waals surface area contributed by atoms with Gasteiger partial charge in [0, 0.05) is 0 Å². The second-order valence-corrected chi connectivity index (χ2v) is 2.81. The van der Waals surface area contributed by atoms with Gasteiger partial charge in [0.15, 0.2) is 0 Å². The quantitative estimate of drug-likeness (QED) is 0.644. The van der Waals surface area contributed by atoms with Crippen molar-refractivity contribution in [1.29, 1.82) is 0 Å². The maximum absolute atomic E-state index is 5.57. The third-order valence-corrected chi connectivity index (χ3v) is 1.56. The van der Waals surface area contributed by atoms with Crippen molar-refractivity contribution in [2.75, 3.05) is 0 Å². The van der Waals surface area contributed by atoms with Gasteiger partial charge in [-0.25, -0.2) is 0 Å². The normalized spacial score (nSPS) is 8.27. The molecule has 11 heavy (non-hydrogen) atoms. The van der Waals surface area contributed by atoms with Gasteiger partial charge in [0.05, 0.1) is 0 Å². The van der Waals surface area contributed by atoms with Gasteiger partial charge in [-0.1, -0.05) is 30.3 Å². The summed E-state index contributed by atoms with van der Waals surface area (Å²) in [4.78, 5) is -0.397. The van der Waals surface area contributed by atoms with Crippen molar-refractivity contribution < 1.29 is 0 Å². The number of hydrogen-bond donors (Lipinski definition) is 0. The molecule has 0 saturated heterocycles. The van der Waals surface area contributed by atoms with Crippen LogP contribution in [0.2, 0.25) is 0 Å². The van der Waals surface area contributed by atoms with E-state index < -0.39 is 4.84 Å². The van der Waals surface area contributed by atoms with Gasteiger partial charge in [-0.05, 0) is 5.56 Å². The van der Waals surface area contributed by atoms with Crippen molar-refractivity contribution in [2.24, 2.45) is 0 Å². The van der Waals surface area contributed by atoms with Crippen LogP contribution in [-0.4, -0.2) is 0 Å². The highest BCUT2D eigenvalue weighted by molar-refractivity contribution is 6.44. The van der Waals surface area contributed by atoms with Crippen LogP contribution in [0.3, 0.4) is 0 Å². The van der Waals surface area contributed by atoms with Crippen molar-refractivity contribution >= 4 is 48.0 Å². The van der Waals surface area contributed by atoms with Gasteiger partial charge < -0.3 is 0 Å². The zero-order valence-electron chi connectivity index (χ0n) is 5.54. The lowest BCUT2D eigenvalue weighted by molar-refractivity contribution is 1.35. The predicted octanol–water partition coefficient (Wildman–Crippen LogP) is 4.01. The molecule has 0 fully saturated rings. The maximum Gasteiger partial charge on any atom is 0.132 e. The summed E-state index contributed by atoms with van der Waals surface area (Å²) < 4.78 is 0. The van der Waals surface area contributed by atoms with Crippen LogP contribution in [0.5, 0.6) is 0 Å². The van der Waals surface area contributed by atoms with E-state index in [1.165, 1.54) is 0 Å². The van der Waals surface area contributed by atoms with Gasteiger partial charge >= 0.3 is 0 Å². The first kappa shape index (κ1) is 13.9. The lowest BCUT2D eigenvalue weighted by Crippen LogP contribution is -1.76. The Morgan fingerprint density at radius 1 is 0.909 bits per heavy atom. The zero-order valence-corrected chi connectivity index (χ0v) is 8.68. The Balaban J connectivity index is 0. The Morgan fingerprint density at radius 2 is 1.36 bits per heavy atom. The standard InChI is InChI=1S/C7H6Cl2.2ClH/c8-7(9)6-4-2-1-3-5-6;;/h1-5,7H;2*1H. The average Bonchev–Trinajstić information content (AvgIpc) is 1.90. The molecule has 0 amide bonds. The molecule has 0 saturated carbocycles. The Kier molecular flexibility index (Phi) is 8.93. The van der Waals surface area contributed by atoms with Crippen molar-refractivity contribution in [3.8, 4) is 0 Å². The molecule has 0 unspecified atom stereocenters. The first-order valence-corrected chi connectivity index (χ1v) is 3.51. The molecular formula is C7H8Cl4. The van der Waals surface area contributed by atoms with Gasteiger partial charge in [-0.15, -0.1) is 48.0 Å². The monoisotopic (exact) mass is 232 g/mol. The van der Waals surface area contributed by atoms with Crippen molar-refractivity contribution in [3.63, 3.8) is 0 Å². The first-order chi connectivity index (χ1) is 4.30.